The average molecular weight is 479 g/mol. The van der Waals surface area contributed by atoms with E-state index in [1.54, 1.807) is 29.2 Å². The molecule has 0 spiro atoms. The van der Waals surface area contributed by atoms with Crippen LogP contribution < -0.4 is 5.32 Å². The van der Waals surface area contributed by atoms with Gasteiger partial charge < -0.3 is 15.0 Å². The predicted molar refractivity (Wildman–Crippen MR) is 122 cm³/mol. The quantitative estimate of drug-likeness (QED) is 0.584. The first-order valence-electron chi connectivity index (χ1n) is 10.2. The molecule has 1 N–H and O–H groups in total. The monoisotopic (exact) mass is 478 g/mol. The molecule has 0 aliphatic carbocycles. The van der Waals surface area contributed by atoms with E-state index < -0.39 is 15.8 Å². The summed E-state index contributed by atoms with van der Waals surface area (Å²) in [5.41, 5.74) is 1.82. The Labute approximate surface area is 191 Å². The zero-order valence-corrected chi connectivity index (χ0v) is 19.7. The molecule has 0 radical (unpaired) electrons. The molecule has 1 aliphatic rings. The van der Waals surface area contributed by atoms with Crippen molar-refractivity contribution < 1.29 is 27.5 Å². The molecule has 32 heavy (non-hydrogen) atoms. The largest absolute Gasteiger partial charge is 0.465 e. The van der Waals surface area contributed by atoms with Gasteiger partial charge in [-0.3, -0.25) is 9.59 Å². The number of methoxy groups -OCH3 is 1. The van der Waals surface area contributed by atoms with E-state index in [2.05, 4.69) is 5.32 Å². The zero-order chi connectivity index (χ0) is 23.3. The molecule has 0 bridgehead atoms. The number of anilines is 1. The third kappa shape index (κ3) is 5.95. The Bertz CT molecular complexity index is 1110. The smallest absolute Gasteiger partial charge is 0.341 e. The minimum absolute atomic E-state index is 0.0107. The number of esters is 1. The maximum atomic E-state index is 12.5. The van der Waals surface area contributed by atoms with Crippen LogP contribution >= 0.6 is 11.3 Å². The lowest BCUT2D eigenvalue weighted by molar-refractivity contribution is -0.129. The number of nitrogens with zero attached hydrogens (tertiary/aromatic N) is 1. The van der Waals surface area contributed by atoms with Gasteiger partial charge in [0.25, 0.3) is 0 Å². The van der Waals surface area contributed by atoms with Crippen molar-refractivity contribution in [2.45, 2.75) is 38.5 Å². The second-order valence-corrected chi connectivity index (χ2v) is 10.9. The second-order valence-electron chi connectivity index (χ2n) is 7.62. The molecule has 1 aromatic carbocycles. The number of thiophene rings is 1. The van der Waals surface area contributed by atoms with Gasteiger partial charge in [0.1, 0.15) is 5.00 Å². The molecule has 0 saturated carbocycles. The standard InChI is InChI=1S/C22H26N2O6S2/c1-15(25)24-11-10-17-18(13-24)31-21(20(17)22(27)30-2)23-19(26)9-6-12-32(28,29)14-16-7-4-3-5-8-16/h3-5,7-8H,6,9-14H2,1-2H3,(H,23,26). The second kappa shape index (κ2) is 10.3. The van der Waals surface area contributed by atoms with Crippen LogP contribution in [0.1, 0.15) is 46.1 Å². The third-order valence-corrected chi connectivity index (χ3v) is 8.05. The van der Waals surface area contributed by atoms with Crippen molar-refractivity contribution in [1.82, 2.24) is 4.90 Å². The van der Waals surface area contributed by atoms with E-state index in [1.165, 1.54) is 25.4 Å². The lowest BCUT2D eigenvalue weighted by Gasteiger charge is -2.25. The summed E-state index contributed by atoms with van der Waals surface area (Å²) >= 11 is 1.25. The van der Waals surface area contributed by atoms with E-state index in [-0.39, 0.29) is 36.2 Å². The number of rotatable bonds is 8. The summed E-state index contributed by atoms with van der Waals surface area (Å²) in [6.07, 6.45) is 0.692. The maximum absolute atomic E-state index is 12.5. The van der Waals surface area contributed by atoms with Crippen molar-refractivity contribution >= 4 is 44.0 Å². The van der Waals surface area contributed by atoms with Crippen LogP contribution in [0.5, 0.6) is 0 Å². The van der Waals surface area contributed by atoms with Crippen molar-refractivity contribution in [3.63, 3.8) is 0 Å². The van der Waals surface area contributed by atoms with Gasteiger partial charge in [-0.25, -0.2) is 13.2 Å². The molecular weight excluding hydrogens is 452 g/mol. The first kappa shape index (κ1) is 23.9. The number of sulfone groups is 1. The number of ether oxygens (including phenoxy) is 1. The Kier molecular flexibility index (Phi) is 7.68. The SMILES string of the molecule is COC(=O)c1c(NC(=O)CCCS(=O)(=O)Cc2ccccc2)sc2c1CCN(C(C)=O)C2. The molecule has 0 atom stereocenters. The topological polar surface area (TPSA) is 110 Å². The molecule has 8 nitrogen and oxygen atoms in total. The number of benzene rings is 1. The number of hydrogen-bond acceptors (Lipinski definition) is 7. The van der Waals surface area contributed by atoms with Crippen LogP contribution in [0, 0.1) is 0 Å². The van der Waals surface area contributed by atoms with E-state index in [9.17, 15) is 22.8 Å². The molecule has 3 rings (SSSR count). The van der Waals surface area contributed by atoms with Gasteiger partial charge in [0.05, 0.1) is 30.7 Å². The summed E-state index contributed by atoms with van der Waals surface area (Å²) in [5, 5.41) is 3.12. The highest BCUT2D eigenvalue weighted by Gasteiger charge is 2.30. The summed E-state index contributed by atoms with van der Waals surface area (Å²) < 4.78 is 29.5. The van der Waals surface area contributed by atoms with Gasteiger partial charge in [0, 0.05) is 24.8 Å². The summed E-state index contributed by atoms with van der Waals surface area (Å²) in [4.78, 5) is 39.1. The molecule has 0 fully saturated rings. The van der Waals surface area contributed by atoms with Crippen molar-refractivity contribution in [2.75, 3.05) is 24.7 Å². The van der Waals surface area contributed by atoms with Crippen molar-refractivity contribution in [2.24, 2.45) is 0 Å². The molecule has 2 aromatic rings. The van der Waals surface area contributed by atoms with E-state index in [4.69, 9.17) is 4.74 Å². The van der Waals surface area contributed by atoms with Crippen LogP contribution in [0.3, 0.4) is 0 Å². The van der Waals surface area contributed by atoms with Crippen LogP contribution in [0.25, 0.3) is 0 Å². The van der Waals surface area contributed by atoms with Gasteiger partial charge in [-0.15, -0.1) is 11.3 Å². The van der Waals surface area contributed by atoms with Crippen molar-refractivity contribution in [3.8, 4) is 0 Å². The first-order valence-corrected chi connectivity index (χ1v) is 12.9. The molecule has 0 saturated heterocycles. The molecule has 10 heteroatoms. The highest BCUT2D eigenvalue weighted by Crippen LogP contribution is 2.37. The van der Waals surface area contributed by atoms with Crippen LogP contribution in [0.15, 0.2) is 30.3 Å². The lowest BCUT2D eigenvalue weighted by Crippen LogP contribution is -2.33. The van der Waals surface area contributed by atoms with Crippen LogP contribution in [-0.2, 0) is 42.9 Å². The summed E-state index contributed by atoms with van der Waals surface area (Å²) in [6.45, 7) is 2.37. The van der Waals surface area contributed by atoms with Gasteiger partial charge in [-0.05, 0) is 24.0 Å². The number of carbonyl (C=O) groups is 3. The fourth-order valence-corrected chi connectivity index (χ4v) is 6.32. The Morgan fingerprint density at radius 1 is 1.19 bits per heavy atom. The Hall–Kier alpha value is -2.72. The van der Waals surface area contributed by atoms with Crippen LogP contribution in [0.4, 0.5) is 5.00 Å². The maximum Gasteiger partial charge on any atom is 0.341 e. The number of fused-ring (bicyclic) bond motifs is 1. The fourth-order valence-electron chi connectivity index (χ4n) is 3.62. The highest BCUT2D eigenvalue weighted by molar-refractivity contribution is 7.90. The first-order chi connectivity index (χ1) is 15.2. The number of hydrogen-bond donors (Lipinski definition) is 1. The number of amides is 2. The van der Waals surface area contributed by atoms with E-state index in [1.807, 2.05) is 6.07 Å². The Morgan fingerprint density at radius 3 is 2.56 bits per heavy atom. The predicted octanol–water partition coefficient (Wildman–Crippen LogP) is 2.77. The average Bonchev–Trinajstić information content (AvgIpc) is 3.10. The van der Waals surface area contributed by atoms with Crippen LogP contribution in [0.2, 0.25) is 0 Å². The minimum atomic E-state index is -3.33. The van der Waals surface area contributed by atoms with E-state index in [0.29, 0.717) is 35.6 Å². The molecule has 1 aliphatic heterocycles. The Balaban J connectivity index is 1.63. The molecule has 172 valence electrons. The van der Waals surface area contributed by atoms with Gasteiger partial charge in [0.15, 0.2) is 9.84 Å². The lowest BCUT2D eigenvalue weighted by atomic mass is 10.0. The molecule has 0 unspecified atom stereocenters. The van der Waals surface area contributed by atoms with E-state index >= 15 is 0 Å². The normalized spacial score (nSPS) is 13.4. The third-order valence-electron chi connectivity index (χ3n) is 5.23. The fraction of sp³-hybridized carbons (Fsp3) is 0.409. The summed E-state index contributed by atoms with van der Waals surface area (Å²) in [6, 6.07) is 8.90. The van der Waals surface area contributed by atoms with Gasteiger partial charge >= 0.3 is 5.97 Å². The summed E-state index contributed by atoms with van der Waals surface area (Å²) in [5.74, 6) is -1.13. The number of nitrogens with one attached hydrogen (secondary N) is 1. The van der Waals surface area contributed by atoms with E-state index in [0.717, 1.165) is 10.4 Å². The minimum Gasteiger partial charge on any atom is -0.465 e. The molecule has 2 amide bonds. The van der Waals surface area contributed by atoms with Crippen LogP contribution in [-0.4, -0.2) is 50.5 Å². The van der Waals surface area contributed by atoms with Crippen molar-refractivity contribution in [1.29, 1.82) is 0 Å². The van der Waals surface area contributed by atoms with Gasteiger partial charge in [-0.2, -0.15) is 0 Å². The number of carbonyl (C=O) groups excluding carboxylic acids is 3. The van der Waals surface area contributed by atoms with Gasteiger partial charge in [-0.1, -0.05) is 30.3 Å². The summed E-state index contributed by atoms with van der Waals surface area (Å²) in [7, 11) is -2.06. The Morgan fingerprint density at radius 2 is 1.91 bits per heavy atom. The zero-order valence-electron chi connectivity index (χ0n) is 18.0. The molecule has 1 aromatic heterocycles. The van der Waals surface area contributed by atoms with Gasteiger partial charge in [0.2, 0.25) is 11.8 Å². The molecule has 2 heterocycles. The van der Waals surface area contributed by atoms with Crippen molar-refractivity contribution in [3.05, 3.63) is 51.9 Å². The highest BCUT2D eigenvalue weighted by atomic mass is 32.2. The molecular formula is C22H26N2O6S2.